The van der Waals surface area contributed by atoms with Crippen LogP contribution in [0.1, 0.15) is 36.0 Å². The zero-order chi connectivity index (χ0) is 19.3. The molecule has 5 rings (SSSR count). The Morgan fingerprint density at radius 2 is 1.82 bits per heavy atom. The molecule has 1 saturated heterocycles. The first-order valence-electron chi connectivity index (χ1n) is 9.59. The van der Waals surface area contributed by atoms with Gasteiger partial charge in [0.15, 0.2) is 11.6 Å². The van der Waals surface area contributed by atoms with Gasteiger partial charge in [0.1, 0.15) is 11.0 Å². The molecule has 7 heteroatoms. The zero-order valence-corrected chi connectivity index (χ0v) is 15.9. The molecule has 3 aromatic heterocycles. The largest absolute Gasteiger partial charge is 0.320 e. The third-order valence-corrected chi connectivity index (χ3v) is 5.46. The number of aromatic nitrogens is 5. The zero-order valence-electron chi connectivity index (χ0n) is 15.9. The van der Waals surface area contributed by atoms with Gasteiger partial charge in [0.25, 0.3) is 0 Å². The lowest BCUT2D eigenvalue weighted by Crippen LogP contribution is -2.27. The Hall–Kier alpha value is -2.93. The number of fused-ring (bicyclic) bond motifs is 2. The molecule has 0 atom stereocenters. The number of hydrogen-bond acceptors (Lipinski definition) is 5. The summed E-state index contributed by atoms with van der Waals surface area (Å²) in [5.74, 6) is 0.527. The van der Waals surface area contributed by atoms with Crippen LogP contribution in [0.15, 0.2) is 30.6 Å². The van der Waals surface area contributed by atoms with E-state index in [1.807, 2.05) is 42.8 Å². The predicted molar refractivity (Wildman–Crippen MR) is 106 cm³/mol. The topological polar surface area (TPSA) is 68.0 Å². The predicted octanol–water partition coefficient (Wildman–Crippen LogP) is 3.56. The van der Waals surface area contributed by atoms with E-state index in [2.05, 4.69) is 25.5 Å². The molecule has 1 N–H and O–H groups in total. The van der Waals surface area contributed by atoms with E-state index in [4.69, 9.17) is 0 Å². The fourth-order valence-corrected chi connectivity index (χ4v) is 4.02. The van der Waals surface area contributed by atoms with Crippen LogP contribution in [-0.2, 0) is 0 Å². The Morgan fingerprint density at radius 1 is 1.00 bits per heavy atom. The molecule has 1 fully saturated rings. The molecule has 4 aromatic rings. The standard InChI is InChI=1S/C21H21FN6/c1-12-10-28-11-16(9-19(28)13(2)24-12)15-7-17(22)20-18(8-15)26-27-21(25-20)14-3-5-23-6-4-14/h7-11,14,23H,3-6H2,1-2H3. The summed E-state index contributed by atoms with van der Waals surface area (Å²) < 4.78 is 16.9. The number of rotatable bonds is 2. The Labute approximate surface area is 161 Å². The summed E-state index contributed by atoms with van der Waals surface area (Å²) in [6, 6.07) is 5.41. The van der Waals surface area contributed by atoms with Gasteiger partial charge in [-0.1, -0.05) is 0 Å². The Balaban J connectivity index is 1.58. The second kappa shape index (κ2) is 6.60. The van der Waals surface area contributed by atoms with Crippen LogP contribution in [-0.4, -0.2) is 37.7 Å². The van der Waals surface area contributed by atoms with Gasteiger partial charge in [-0.05, 0) is 63.5 Å². The summed E-state index contributed by atoms with van der Waals surface area (Å²) in [5.41, 5.74) is 5.35. The van der Waals surface area contributed by atoms with Crippen molar-refractivity contribution in [1.29, 1.82) is 0 Å². The summed E-state index contributed by atoms with van der Waals surface area (Å²) in [6.07, 6.45) is 5.87. The van der Waals surface area contributed by atoms with Crippen LogP contribution in [0, 0.1) is 19.7 Å². The lowest BCUT2D eigenvalue weighted by atomic mass is 9.97. The van der Waals surface area contributed by atoms with Crippen LogP contribution >= 0.6 is 0 Å². The van der Waals surface area contributed by atoms with E-state index in [1.54, 1.807) is 0 Å². The maximum absolute atomic E-state index is 14.9. The van der Waals surface area contributed by atoms with Crippen molar-refractivity contribution in [2.24, 2.45) is 0 Å². The highest BCUT2D eigenvalue weighted by molar-refractivity contribution is 5.83. The Kier molecular flexibility index (Phi) is 4.05. The molecule has 1 aliphatic rings. The van der Waals surface area contributed by atoms with E-state index in [1.165, 1.54) is 6.07 Å². The molecular formula is C21H21FN6. The molecule has 6 nitrogen and oxygen atoms in total. The molecule has 0 unspecified atom stereocenters. The van der Waals surface area contributed by atoms with E-state index in [0.29, 0.717) is 16.9 Å². The minimum atomic E-state index is -0.362. The summed E-state index contributed by atoms with van der Waals surface area (Å²) in [6.45, 7) is 5.81. The number of aryl methyl sites for hydroxylation is 2. The monoisotopic (exact) mass is 376 g/mol. The number of hydrogen-bond donors (Lipinski definition) is 1. The highest BCUT2D eigenvalue weighted by Crippen LogP contribution is 2.29. The molecule has 28 heavy (non-hydrogen) atoms. The minimum Gasteiger partial charge on any atom is -0.320 e. The molecule has 1 aliphatic heterocycles. The third-order valence-electron chi connectivity index (χ3n) is 5.46. The van der Waals surface area contributed by atoms with Crippen molar-refractivity contribution < 1.29 is 4.39 Å². The third kappa shape index (κ3) is 2.92. The van der Waals surface area contributed by atoms with E-state index in [0.717, 1.165) is 54.0 Å². The van der Waals surface area contributed by atoms with Gasteiger partial charge in [0.05, 0.1) is 16.9 Å². The normalized spacial score (nSPS) is 15.5. The summed E-state index contributed by atoms with van der Waals surface area (Å²) in [5, 5.41) is 11.9. The van der Waals surface area contributed by atoms with E-state index in [9.17, 15) is 4.39 Å². The van der Waals surface area contributed by atoms with Crippen molar-refractivity contribution in [3.05, 3.63) is 53.6 Å². The van der Waals surface area contributed by atoms with Crippen LogP contribution < -0.4 is 5.32 Å². The number of halogens is 1. The average Bonchev–Trinajstić information content (AvgIpc) is 3.13. The van der Waals surface area contributed by atoms with Gasteiger partial charge in [0, 0.05) is 23.9 Å². The van der Waals surface area contributed by atoms with Crippen LogP contribution in [0.5, 0.6) is 0 Å². The van der Waals surface area contributed by atoms with E-state index < -0.39 is 0 Å². The molecule has 0 bridgehead atoms. The van der Waals surface area contributed by atoms with Crippen molar-refractivity contribution >= 4 is 16.6 Å². The fourth-order valence-electron chi connectivity index (χ4n) is 4.02. The lowest BCUT2D eigenvalue weighted by molar-refractivity contribution is 0.442. The molecular weight excluding hydrogens is 355 g/mol. The first-order valence-corrected chi connectivity index (χ1v) is 9.59. The molecule has 1 aromatic carbocycles. The molecule has 0 spiro atoms. The Morgan fingerprint density at radius 3 is 2.64 bits per heavy atom. The smallest absolute Gasteiger partial charge is 0.154 e. The molecule has 4 heterocycles. The first kappa shape index (κ1) is 17.2. The van der Waals surface area contributed by atoms with Crippen molar-refractivity contribution in [2.75, 3.05) is 13.1 Å². The van der Waals surface area contributed by atoms with Gasteiger partial charge in [-0.25, -0.2) is 9.37 Å². The van der Waals surface area contributed by atoms with Crippen LogP contribution in [0.4, 0.5) is 4.39 Å². The van der Waals surface area contributed by atoms with Gasteiger partial charge >= 0.3 is 0 Å². The molecule has 0 radical (unpaired) electrons. The first-order chi connectivity index (χ1) is 13.6. The van der Waals surface area contributed by atoms with Crippen molar-refractivity contribution in [3.8, 4) is 11.1 Å². The second-order valence-corrected chi connectivity index (χ2v) is 7.51. The van der Waals surface area contributed by atoms with Gasteiger partial charge < -0.3 is 9.72 Å². The fraction of sp³-hybridized carbons (Fsp3) is 0.333. The number of piperidine rings is 1. The van der Waals surface area contributed by atoms with Crippen molar-refractivity contribution in [2.45, 2.75) is 32.6 Å². The van der Waals surface area contributed by atoms with Gasteiger partial charge in [-0.15, -0.1) is 10.2 Å². The molecule has 0 amide bonds. The van der Waals surface area contributed by atoms with Crippen LogP contribution in [0.3, 0.4) is 0 Å². The quantitative estimate of drug-likeness (QED) is 0.579. The van der Waals surface area contributed by atoms with E-state index >= 15 is 0 Å². The average molecular weight is 376 g/mol. The number of benzene rings is 1. The summed E-state index contributed by atoms with van der Waals surface area (Å²) in [7, 11) is 0. The molecule has 0 aliphatic carbocycles. The minimum absolute atomic E-state index is 0.243. The Bertz CT molecular complexity index is 1190. The maximum atomic E-state index is 14.9. The number of nitrogens with one attached hydrogen (secondary N) is 1. The second-order valence-electron chi connectivity index (χ2n) is 7.51. The van der Waals surface area contributed by atoms with Gasteiger partial charge in [-0.3, -0.25) is 4.98 Å². The summed E-state index contributed by atoms with van der Waals surface area (Å²) in [4.78, 5) is 9.01. The molecule has 0 saturated carbocycles. The number of nitrogens with zero attached hydrogens (tertiary/aromatic N) is 5. The summed E-state index contributed by atoms with van der Waals surface area (Å²) >= 11 is 0. The van der Waals surface area contributed by atoms with Crippen molar-refractivity contribution in [1.82, 2.24) is 29.9 Å². The van der Waals surface area contributed by atoms with Crippen molar-refractivity contribution in [3.63, 3.8) is 0 Å². The SMILES string of the molecule is Cc1cn2cc(-c3cc(F)c4nc(C5CCNCC5)nnc4c3)cc2c(C)n1. The molecule has 142 valence electrons. The van der Waals surface area contributed by atoms with Crippen LogP contribution in [0.25, 0.3) is 27.7 Å². The lowest BCUT2D eigenvalue weighted by Gasteiger charge is -2.20. The highest BCUT2D eigenvalue weighted by atomic mass is 19.1. The highest BCUT2D eigenvalue weighted by Gasteiger charge is 2.20. The van der Waals surface area contributed by atoms with Gasteiger partial charge in [-0.2, -0.15) is 0 Å². The van der Waals surface area contributed by atoms with Gasteiger partial charge in [0.2, 0.25) is 0 Å². The maximum Gasteiger partial charge on any atom is 0.154 e. The van der Waals surface area contributed by atoms with E-state index in [-0.39, 0.29) is 11.7 Å². The van der Waals surface area contributed by atoms with Crippen LogP contribution in [0.2, 0.25) is 0 Å².